The molecule has 0 bridgehead atoms. The van der Waals surface area contributed by atoms with Gasteiger partial charge in [-0.3, -0.25) is 0 Å². The van der Waals surface area contributed by atoms with E-state index in [0.717, 1.165) is 0 Å². The topological polar surface area (TPSA) is 21.3 Å². The lowest BCUT2D eigenvalue weighted by atomic mass is 10.1. The number of halogens is 2. The molecular formula is C17H19F2NO. The van der Waals surface area contributed by atoms with Crippen molar-refractivity contribution in [1.82, 2.24) is 5.32 Å². The second-order valence-electron chi connectivity index (χ2n) is 5.30. The Balaban J connectivity index is 2.23. The Bertz CT molecular complexity index is 626. The summed E-state index contributed by atoms with van der Waals surface area (Å²) in [5.41, 5.74) is 1.26. The third-order valence-electron chi connectivity index (χ3n) is 3.09. The van der Waals surface area contributed by atoms with E-state index in [2.05, 4.69) is 5.32 Å². The molecule has 0 atom stereocenters. The van der Waals surface area contributed by atoms with E-state index >= 15 is 0 Å². The lowest BCUT2D eigenvalue weighted by Gasteiger charge is -2.14. The predicted octanol–water partition coefficient (Wildman–Crippen LogP) is 4.56. The molecule has 2 rings (SSSR count). The van der Waals surface area contributed by atoms with E-state index in [1.165, 1.54) is 18.2 Å². The fraction of sp³-hybridized carbons (Fsp3) is 0.294. The van der Waals surface area contributed by atoms with Gasteiger partial charge >= 0.3 is 0 Å². The van der Waals surface area contributed by atoms with E-state index in [9.17, 15) is 8.78 Å². The molecule has 21 heavy (non-hydrogen) atoms. The van der Waals surface area contributed by atoms with Crippen LogP contribution in [-0.4, -0.2) is 6.04 Å². The van der Waals surface area contributed by atoms with Crippen molar-refractivity contribution in [3.8, 4) is 11.5 Å². The minimum Gasteiger partial charge on any atom is -0.457 e. The van der Waals surface area contributed by atoms with Crippen LogP contribution in [-0.2, 0) is 6.54 Å². The molecule has 0 aliphatic rings. The average Bonchev–Trinajstić information content (AvgIpc) is 2.43. The molecule has 0 radical (unpaired) electrons. The van der Waals surface area contributed by atoms with E-state index < -0.39 is 0 Å². The Morgan fingerprint density at radius 2 is 1.86 bits per heavy atom. The highest BCUT2D eigenvalue weighted by Crippen LogP contribution is 2.27. The summed E-state index contributed by atoms with van der Waals surface area (Å²) in [5.74, 6) is 0.276. The third kappa shape index (κ3) is 4.26. The van der Waals surface area contributed by atoms with Crippen molar-refractivity contribution >= 4 is 0 Å². The first-order chi connectivity index (χ1) is 9.95. The van der Waals surface area contributed by atoms with Gasteiger partial charge in [0, 0.05) is 24.2 Å². The molecule has 0 unspecified atom stereocenters. The third-order valence-corrected chi connectivity index (χ3v) is 3.09. The van der Waals surface area contributed by atoms with Gasteiger partial charge in [0.25, 0.3) is 0 Å². The highest BCUT2D eigenvalue weighted by atomic mass is 19.1. The molecule has 112 valence electrons. The minimum absolute atomic E-state index is 0.276. The van der Waals surface area contributed by atoms with Crippen molar-refractivity contribution in [2.75, 3.05) is 0 Å². The molecule has 2 nitrogen and oxygen atoms in total. The molecule has 2 aromatic carbocycles. The van der Waals surface area contributed by atoms with Gasteiger partial charge in [0.05, 0.1) is 0 Å². The lowest BCUT2D eigenvalue weighted by Crippen LogP contribution is -2.22. The van der Waals surface area contributed by atoms with Crippen molar-refractivity contribution in [2.24, 2.45) is 0 Å². The second kappa shape index (κ2) is 6.68. The Morgan fingerprint density at radius 3 is 2.52 bits per heavy atom. The molecule has 2 aromatic rings. The molecule has 0 heterocycles. The van der Waals surface area contributed by atoms with Crippen molar-refractivity contribution in [1.29, 1.82) is 0 Å². The highest BCUT2D eigenvalue weighted by molar-refractivity contribution is 5.39. The predicted molar refractivity (Wildman–Crippen MR) is 79.6 cm³/mol. The van der Waals surface area contributed by atoms with Gasteiger partial charge in [0.2, 0.25) is 0 Å². The fourth-order valence-corrected chi connectivity index (χ4v) is 1.86. The summed E-state index contributed by atoms with van der Waals surface area (Å²) in [6.45, 7) is 6.19. The van der Waals surface area contributed by atoms with Crippen molar-refractivity contribution in [2.45, 2.75) is 33.4 Å². The van der Waals surface area contributed by atoms with Crippen molar-refractivity contribution in [3.63, 3.8) is 0 Å². The number of aryl methyl sites for hydroxylation is 1. The van der Waals surface area contributed by atoms with E-state index in [-0.39, 0.29) is 17.7 Å². The molecule has 4 heteroatoms. The maximum atomic E-state index is 13.5. The van der Waals surface area contributed by atoms with Gasteiger partial charge in [-0.2, -0.15) is 0 Å². The summed E-state index contributed by atoms with van der Waals surface area (Å²) < 4.78 is 32.6. The van der Waals surface area contributed by atoms with Crippen LogP contribution in [0, 0.1) is 18.6 Å². The zero-order valence-electron chi connectivity index (χ0n) is 12.4. The Kier molecular flexibility index (Phi) is 4.91. The van der Waals surface area contributed by atoms with Crippen LogP contribution in [0.15, 0.2) is 36.4 Å². The second-order valence-corrected chi connectivity index (χ2v) is 5.30. The molecule has 0 aromatic heterocycles. The first-order valence-corrected chi connectivity index (χ1v) is 6.91. The molecule has 0 aliphatic heterocycles. The van der Waals surface area contributed by atoms with Gasteiger partial charge in [0.15, 0.2) is 0 Å². The minimum atomic E-state index is -0.323. The van der Waals surface area contributed by atoms with Gasteiger partial charge in [-0.1, -0.05) is 19.9 Å². The Labute approximate surface area is 123 Å². The number of hydrogen-bond donors (Lipinski definition) is 1. The first kappa shape index (κ1) is 15.4. The summed E-state index contributed by atoms with van der Waals surface area (Å²) in [4.78, 5) is 0. The summed E-state index contributed by atoms with van der Waals surface area (Å²) in [7, 11) is 0. The maximum Gasteiger partial charge on any atom is 0.132 e. The van der Waals surface area contributed by atoms with E-state index in [0.29, 0.717) is 29.2 Å². The monoisotopic (exact) mass is 291 g/mol. The van der Waals surface area contributed by atoms with E-state index in [1.54, 1.807) is 25.1 Å². The number of rotatable bonds is 5. The van der Waals surface area contributed by atoms with Crippen LogP contribution in [0.3, 0.4) is 0 Å². The summed E-state index contributed by atoms with van der Waals surface area (Å²) in [6, 6.07) is 9.27. The first-order valence-electron chi connectivity index (χ1n) is 6.91. The van der Waals surface area contributed by atoms with Gasteiger partial charge in [-0.15, -0.1) is 0 Å². The van der Waals surface area contributed by atoms with Crippen LogP contribution in [0.25, 0.3) is 0 Å². The molecule has 0 fully saturated rings. The maximum absolute atomic E-state index is 13.5. The van der Waals surface area contributed by atoms with Crippen LogP contribution in [0.1, 0.15) is 25.0 Å². The number of benzene rings is 2. The molecule has 0 saturated carbocycles. The Hall–Kier alpha value is -1.94. The van der Waals surface area contributed by atoms with Crippen LogP contribution < -0.4 is 10.1 Å². The van der Waals surface area contributed by atoms with Gasteiger partial charge in [-0.05, 0) is 36.8 Å². The zero-order valence-corrected chi connectivity index (χ0v) is 12.4. The number of hydrogen-bond acceptors (Lipinski definition) is 2. The van der Waals surface area contributed by atoms with Crippen molar-refractivity contribution < 1.29 is 13.5 Å². The van der Waals surface area contributed by atoms with Crippen LogP contribution in [0.2, 0.25) is 0 Å². The molecule has 0 amide bonds. The van der Waals surface area contributed by atoms with Crippen LogP contribution >= 0.6 is 0 Å². The zero-order chi connectivity index (χ0) is 15.4. The van der Waals surface area contributed by atoms with Crippen LogP contribution in [0.4, 0.5) is 8.78 Å². The smallest absolute Gasteiger partial charge is 0.132 e. The fourth-order valence-electron chi connectivity index (χ4n) is 1.86. The molecule has 1 N–H and O–H groups in total. The molecular weight excluding hydrogens is 272 g/mol. The van der Waals surface area contributed by atoms with Crippen LogP contribution in [0.5, 0.6) is 11.5 Å². The lowest BCUT2D eigenvalue weighted by molar-refractivity contribution is 0.461. The Morgan fingerprint density at radius 1 is 1.10 bits per heavy atom. The number of ether oxygens (including phenoxy) is 1. The molecule has 0 aliphatic carbocycles. The molecule has 0 spiro atoms. The normalized spacial score (nSPS) is 11.0. The van der Waals surface area contributed by atoms with E-state index in [1.807, 2.05) is 13.8 Å². The van der Waals surface area contributed by atoms with Gasteiger partial charge < -0.3 is 10.1 Å². The summed E-state index contributed by atoms with van der Waals surface area (Å²) in [5, 5.41) is 3.21. The van der Waals surface area contributed by atoms with Crippen molar-refractivity contribution in [3.05, 3.63) is 59.2 Å². The van der Waals surface area contributed by atoms with E-state index in [4.69, 9.17) is 4.74 Å². The average molecular weight is 291 g/mol. The van der Waals surface area contributed by atoms with Gasteiger partial charge in [-0.25, -0.2) is 8.78 Å². The standard InChI is InChI=1S/C17H19F2NO/c1-11(2)20-10-13-8-14(18)5-7-17(13)21-15-6-4-12(3)16(19)9-15/h4-9,11,20H,10H2,1-3H3. The summed E-state index contributed by atoms with van der Waals surface area (Å²) in [6.07, 6.45) is 0. The quantitative estimate of drug-likeness (QED) is 0.871. The SMILES string of the molecule is Cc1ccc(Oc2ccc(F)cc2CNC(C)C)cc1F. The van der Waals surface area contributed by atoms with Gasteiger partial charge in [0.1, 0.15) is 23.1 Å². The number of nitrogens with one attached hydrogen (secondary N) is 1. The highest BCUT2D eigenvalue weighted by Gasteiger charge is 2.09. The largest absolute Gasteiger partial charge is 0.457 e. The molecule has 0 saturated heterocycles. The summed E-state index contributed by atoms with van der Waals surface area (Å²) >= 11 is 0.